The number of benzene rings is 1. The normalized spacial score (nSPS) is 22.3. The van der Waals surface area contributed by atoms with Crippen LogP contribution in [0.5, 0.6) is 11.6 Å². The van der Waals surface area contributed by atoms with E-state index in [4.69, 9.17) is 9.84 Å². The van der Waals surface area contributed by atoms with E-state index in [-0.39, 0.29) is 23.4 Å². The van der Waals surface area contributed by atoms with Gasteiger partial charge in [0.15, 0.2) is 0 Å². The van der Waals surface area contributed by atoms with Crippen LogP contribution in [0.3, 0.4) is 0 Å². The summed E-state index contributed by atoms with van der Waals surface area (Å²) < 4.78 is 46.3. The predicted octanol–water partition coefficient (Wildman–Crippen LogP) is 3.18. The second-order valence-corrected chi connectivity index (χ2v) is 6.38. The molecule has 1 saturated carbocycles. The molecule has 148 valence electrons. The highest BCUT2D eigenvalue weighted by Gasteiger charge is 2.39. The zero-order chi connectivity index (χ0) is 20.4. The number of carbonyl (C=O) groups is 1. The molecule has 8 nitrogen and oxygen atoms in total. The molecular weight excluding hydrogens is 381 g/mol. The van der Waals surface area contributed by atoms with Crippen LogP contribution in [0.4, 0.5) is 13.2 Å². The monoisotopic (exact) mass is 396 g/mol. The molecule has 0 spiro atoms. The van der Waals surface area contributed by atoms with Gasteiger partial charge in [-0.3, -0.25) is 0 Å². The molecular formula is C17H15F3N4O4. The van der Waals surface area contributed by atoms with Gasteiger partial charge in [0.2, 0.25) is 5.69 Å². The molecule has 1 aromatic heterocycles. The zero-order valence-electron chi connectivity index (χ0n) is 14.4. The Kier molecular flexibility index (Phi) is 5.13. The van der Waals surface area contributed by atoms with Crippen molar-refractivity contribution < 1.29 is 32.5 Å². The number of alkyl halides is 3. The number of aromatic nitrogens is 3. The summed E-state index contributed by atoms with van der Waals surface area (Å²) in [5.74, 6) is -1.72. The van der Waals surface area contributed by atoms with Crippen molar-refractivity contribution in [3.05, 3.63) is 35.5 Å². The molecule has 0 aliphatic heterocycles. The average Bonchev–Trinajstić information content (AvgIpc) is 3.10. The van der Waals surface area contributed by atoms with E-state index in [1.54, 1.807) is 0 Å². The summed E-state index contributed by atoms with van der Waals surface area (Å²) in [5, 5.41) is 28.0. The Morgan fingerprint density at radius 1 is 1.29 bits per heavy atom. The molecule has 0 unspecified atom stereocenters. The summed E-state index contributed by atoms with van der Waals surface area (Å²) in [6.07, 6.45) is -3.44. The number of aromatic carboxylic acids is 1. The molecule has 0 radical (unpaired) electrons. The van der Waals surface area contributed by atoms with Gasteiger partial charge >= 0.3 is 12.3 Å². The van der Waals surface area contributed by atoms with Crippen molar-refractivity contribution in [1.29, 1.82) is 5.26 Å². The SMILES string of the molecule is N#CC1(c2ccc(OC(F)(F)F)cc2)CCC(Oc2nn[nH]c2C(=O)O)CC1. The first-order chi connectivity index (χ1) is 13.2. The van der Waals surface area contributed by atoms with Crippen LogP contribution in [0.1, 0.15) is 41.7 Å². The molecule has 2 N–H and O–H groups in total. The first kappa shape index (κ1) is 19.5. The van der Waals surface area contributed by atoms with Crippen molar-refractivity contribution in [2.45, 2.75) is 43.6 Å². The van der Waals surface area contributed by atoms with Crippen molar-refractivity contribution >= 4 is 5.97 Å². The Labute approximate surface area is 156 Å². The van der Waals surface area contributed by atoms with Crippen LogP contribution in [-0.2, 0) is 5.41 Å². The summed E-state index contributed by atoms with van der Waals surface area (Å²) in [4.78, 5) is 11.1. The average molecular weight is 396 g/mol. The Morgan fingerprint density at radius 3 is 2.46 bits per heavy atom. The fourth-order valence-electron chi connectivity index (χ4n) is 3.24. The Morgan fingerprint density at radius 2 is 1.93 bits per heavy atom. The number of nitriles is 1. The maximum absolute atomic E-state index is 12.3. The quantitative estimate of drug-likeness (QED) is 0.796. The molecule has 1 aliphatic carbocycles. The van der Waals surface area contributed by atoms with Crippen LogP contribution in [0, 0.1) is 11.3 Å². The highest BCUT2D eigenvalue weighted by atomic mass is 19.4. The van der Waals surface area contributed by atoms with Crippen LogP contribution >= 0.6 is 0 Å². The van der Waals surface area contributed by atoms with E-state index in [0.717, 1.165) is 0 Å². The molecule has 28 heavy (non-hydrogen) atoms. The summed E-state index contributed by atoms with van der Waals surface area (Å²) in [5.41, 5.74) is -0.524. The maximum atomic E-state index is 12.3. The number of hydrogen-bond acceptors (Lipinski definition) is 6. The number of halogens is 3. The lowest BCUT2D eigenvalue weighted by molar-refractivity contribution is -0.274. The van der Waals surface area contributed by atoms with Gasteiger partial charge in [0, 0.05) is 0 Å². The van der Waals surface area contributed by atoms with Crippen molar-refractivity contribution in [3.8, 4) is 17.7 Å². The van der Waals surface area contributed by atoms with Crippen LogP contribution in [0.2, 0.25) is 0 Å². The zero-order valence-corrected chi connectivity index (χ0v) is 14.4. The highest BCUT2D eigenvalue weighted by Crippen LogP contribution is 2.40. The number of ether oxygens (including phenoxy) is 2. The van der Waals surface area contributed by atoms with E-state index in [9.17, 15) is 23.2 Å². The van der Waals surface area contributed by atoms with Gasteiger partial charge in [-0.25, -0.2) is 9.89 Å². The minimum atomic E-state index is -4.78. The van der Waals surface area contributed by atoms with Gasteiger partial charge in [-0.05, 0) is 43.4 Å². The van der Waals surface area contributed by atoms with Crippen LogP contribution in [0.15, 0.2) is 24.3 Å². The lowest BCUT2D eigenvalue weighted by atomic mass is 9.70. The van der Waals surface area contributed by atoms with Gasteiger partial charge < -0.3 is 14.6 Å². The molecule has 0 atom stereocenters. The third-order valence-corrected chi connectivity index (χ3v) is 4.65. The number of nitrogens with zero attached hydrogens (tertiary/aromatic N) is 3. The number of nitrogens with one attached hydrogen (secondary N) is 1. The second kappa shape index (κ2) is 7.38. The third-order valence-electron chi connectivity index (χ3n) is 4.65. The van der Waals surface area contributed by atoms with E-state index in [0.29, 0.717) is 31.2 Å². The van der Waals surface area contributed by atoms with Crippen molar-refractivity contribution in [2.75, 3.05) is 0 Å². The summed E-state index contributed by atoms with van der Waals surface area (Å²) in [7, 11) is 0. The van der Waals surface area contributed by atoms with Gasteiger partial charge in [-0.1, -0.05) is 22.4 Å². The van der Waals surface area contributed by atoms with Gasteiger partial charge in [0.1, 0.15) is 11.9 Å². The number of carboxylic acid groups (broad SMARTS) is 1. The third kappa shape index (κ3) is 4.16. The van der Waals surface area contributed by atoms with Gasteiger partial charge in [0.25, 0.3) is 5.88 Å². The first-order valence-corrected chi connectivity index (χ1v) is 8.31. The molecule has 1 fully saturated rings. The lowest BCUT2D eigenvalue weighted by Crippen LogP contribution is -2.34. The van der Waals surface area contributed by atoms with Gasteiger partial charge in [-0.2, -0.15) is 5.26 Å². The smallest absolute Gasteiger partial charge is 0.476 e. The number of rotatable bonds is 5. The van der Waals surface area contributed by atoms with E-state index in [2.05, 4.69) is 26.2 Å². The van der Waals surface area contributed by atoms with E-state index in [1.165, 1.54) is 24.3 Å². The lowest BCUT2D eigenvalue weighted by Gasteiger charge is -2.35. The van der Waals surface area contributed by atoms with Crippen molar-refractivity contribution in [1.82, 2.24) is 15.4 Å². The molecule has 0 saturated heterocycles. The number of H-pyrrole nitrogens is 1. The second-order valence-electron chi connectivity index (χ2n) is 6.38. The Bertz CT molecular complexity index is 881. The van der Waals surface area contributed by atoms with Crippen molar-refractivity contribution in [2.24, 2.45) is 0 Å². The summed E-state index contributed by atoms with van der Waals surface area (Å²) in [6, 6.07) is 7.52. The summed E-state index contributed by atoms with van der Waals surface area (Å²) in [6.45, 7) is 0. The van der Waals surface area contributed by atoms with Gasteiger partial charge in [0.05, 0.1) is 11.5 Å². The molecule has 1 aromatic carbocycles. The molecule has 1 heterocycles. The fourth-order valence-corrected chi connectivity index (χ4v) is 3.24. The molecule has 0 bridgehead atoms. The molecule has 3 rings (SSSR count). The molecule has 1 aliphatic rings. The standard InChI is InChI=1S/C17H15F3N4O4/c18-17(19,20)28-12-3-1-10(2-4-12)16(9-21)7-5-11(6-8-16)27-14-13(15(25)26)22-24-23-14/h1-4,11H,5-8H2,(H,25,26)(H,22,23,24). The minimum Gasteiger partial charge on any atom is -0.476 e. The van der Waals surface area contributed by atoms with Crippen molar-refractivity contribution in [3.63, 3.8) is 0 Å². The predicted molar refractivity (Wildman–Crippen MR) is 86.6 cm³/mol. The number of aromatic amines is 1. The fraction of sp³-hybridized carbons (Fsp3) is 0.412. The minimum absolute atomic E-state index is 0.115. The topological polar surface area (TPSA) is 121 Å². The largest absolute Gasteiger partial charge is 0.573 e. The first-order valence-electron chi connectivity index (χ1n) is 8.31. The van der Waals surface area contributed by atoms with Crippen LogP contribution < -0.4 is 9.47 Å². The highest BCUT2D eigenvalue weighted by molar-refractivity contribution is 5.87. The molecule has 0 amide bonds. The number of carboxylic acids is 1. The van der Waals surface area contributed by atoms with Gasteiger partial charge in [-0.15, -0.1) is 13.2 Å². The Hall–Kier alpha value is -3.29. The van der Waals surface area contributed by atoms with Crippen LogP contribution in [0.25, 0.3) is 0 Å². The number of hydrogen-bond donors (Lipinski definition) is 2. The van der Waals surface area contributed by atoms with Crippen LogP contribution in [-0.4, -0.2) is 39.0 Å². The molecule has 11 heteroatoms. The summed E-state index contributed by atoms with van der Waals surface area (Å²) >= 11 is 0. The molecule has 2 aromatic rings. The Balaban J connectivity index is 1.67. The van der Waals surface area contributed by atoms with E-state index >= 15 is 0 Å². The van der Waals surface area contributed by atoms with E-state index < -0.39 is 17.7 Å². The maximum Gasteiger partial charge on any atom is 0.573 e. The van der Waals surface area contributed by atoms with E-state index in [1.807, 2.05) is 0 Å².